The maximum atomic E-state index is 13.7. The molecule has 3 aromatic rings. The van der Waals surface area contributed by atoms with Crippen LogP contribution in [0.15, 0.2) is 72.4 Å². The monoisotopic (exact) mass is 462 g/mol. The highest BCUT2D eigenvalue weighted by Crippen LogP contribution is 2.36. The minimum atomic E-state index is -4.65. The van der Waals surface area contributed by atoms with Gasteiger partial charge in [-0.1, -0.05) is 18.2 Å². The molecule has 168 valence electrons. The van der Waals surface area contributed by atoms with Crippen molar-refractivity contribution in [2.45, 2.75) is 6.18 Å². The van der Waals surface area contributed by atoms with Gasteiger partial charge in [0.2, 0.25) is 0 Å². The normalized spacial score (nSPS) is 14.3. The summed E-state index contributed by atoms with van der Waals surface area (Å²) < 4.78 is 79.7. The zero-order chi connectivity index (χ0) is 23.9. The van der Waals surface area contributed by atoms with Gasteiger partial charge < -0.3 is 5.32 Å². The third-order valence-corrected chi connectivity index (χ3v) is 4.84. The van der Waals surface area contributed by atoms with Gasteiger partial charge in [-0.15, -0.1) is 0 Å². The number of anilines is 2. The second kappa shape index (κ2) is 8.12. The maximum Gasteiger partial charge on any atom is 0.416 e. The van der Waals surface area contributed by atoms with Crippen LogP contribution in [-0.4, -0.2) is 11.8 Å². The van der Waals surface area contributed by atoms with Crippen molar-refractivity contribution in [1.82, 2.24) is 0 Å². The van der Waals surface area contributed by atoms with Gasteiger partial charge in [-0.05, 0) is 48.0 Å². The third kappa shape index (κ3) is 4.19. The van der Waals surface area contributed by atoms with E-state index >= 15 is 0 Å². The third-order valence-electron chi connectivity index (χ3n) is 4.84. The van der Waals surface area contributed by atoms with E-state index in [0.717, 1.165) is 42.5 Å². The number of hydrogen-bond donors (Lipinski definition) is 1. The predicted octanol–water partition coefficient (Wildman–Crippen LogP) is 5.52. The molecule has 33 heavy (non-hydrogen) atoms. The lowest BCUT2D eigenvalue weighted by molar-refractivity contribution is -0.137. The van der Waals surface area contributed by atoms with Gasteiger partial charge >= 0.3 is 6.18 Å². The van der Waals surface area contributed by atoms with Crippen LogP contribution in [0.2, 0.25) is 0 Å². The molecule has 0 unspecified atom stereocenters. The molecule has 0 aromatic heterocycles. The Morgan fingerprint density at radius 3 is 2.09 bits per heavy atom. The summed E-state index contributed by atoms with van der Waals surface area (Å²) in [6.45, 7) is 0. The molecule has 0 radical (unpaired) electrons. The Hall–Kier alpha value is -4.08. The molecule has 0 spiro atoms. The molecule has 10 heteroatoms. The van der Waals surface area contributed by atoms with Gasteiger partial charge in [0.15, 0.2) is 11.6 Å². The van der Waals surface area contributed by atoms with E-state index in [1.807, 2.05) is 0 Å². The summed E-state index contributed by atoms with van der Waals surface area (Å²) in [5.41, 5.74) is -2.02. The van der Waals surface area contributed by atoms with E-state index < -0.39 is 46.7 Å². The molecule has 0 aliphatic carbocycles. The van der Waals surface area contributed by atoms with Crippen molar-refractivity contribution in [1.29, 1.82) is 0 Å². The van der Waals surface area contributed by atoms with Crippen LogP contribution in [-0.2, 0) is 15.8 Å². The smallest absolute Gasteiger partial charge is 0.350 e. The highest BCUT2D eigenvalue weighted by Gasteiger charge is 2.41. The minimum absolute atomic E-state index is 0.0920. The molecule has 0 bridgehead atoms. The fraction of sp³-hybridized carbons (Fsp3) is 0.0435. The molecule has 3 aromatic carbocycles. The summed E-state index contributed by atoms with van der Waals surface area (Å²) in [7, 11) is 0. The molecule has 0 saturated heterocycles. The Labute approximate surface area is 182 Å². The van der Waals surface area contributed by atoms with E-state index in [-0.39, 0.29) is 22.5 Å². The minimum Gasteiger partial charge on any atom is -0.350 e. The van der Waals surface area contributed by atoms with E-state index in [0.29, 0.717) is 11.0 Å². The maximum absolute atomic E-state index is 13.7. The summed E-state index contributed by atoms with van der Waals surface area (Å²) in [4.78, 5) is 26.8. The van der Waals surface area contributed by atoms with Crippen molar-refractivity contribution < 1.29 is 35.9 Å². The van der Waals surface area contributed by atoms with Crippen molar-refractivity contribution in [2.75, 3.05) is 10.2 Å². The van der Waals surface area contributed by atoms with Crippen LogP contribution in [0.25, 0.3) is 5.57 Å². The Morgan fingerprint density at radius 2 is 1.45 bits per heavy atom. The lowest BCUT2D eigenvalue weighted by Crippen LogP contribution is -2.32. The first-order valence-electron chi connectivity index (χ1n) is 9.34. The highest BCUT2D eigenvalue weighted by molar-refractivity contribution is 6.46. The van der Waals surface area contributed by atoms with Crippen molar-refractivity contribution in [2.24, 2.45) is 0 Å². The molecule has 1 aliphatic heterocycles. The summed E-state index contributed by atoms with van der Waals surface area (Å²) >= 11 is 0. The van der Waals surface area contributed by atoms with E-state index in [1.165, 1.54) is 18.2 Å². The number of halogens is 6. The first-order chi connectivity index (χ1) is 15.6. The van der Waals surface area contributed by atoms with E-state index in [9.17, 15) is 35.9 Å². The van der Waals surface area contributed by atoms with Crippen LogP contribution in [0.4, 0.5) is 37.7 Å². The number of nitrogens with one attached hydrogen (secondary N) is 1. The standard InChI is InChI=1S/C23H12F6N2O2/c24-14-6-4-12(5-7-14)19-20(30-15-3-1-2-13(10-15)23(27,28)29)22(33)31(21(19)32)16-8-9-17(25)18(26)11-16/h1-11,30H. The number of carbonyl (C=O) groups excluding carboxylic acids is 2. The zero-order valence-electron chi connectivity index (χ0n) is 16.4. The quantitative estimate of drug-likeness (QED) is 0.411. The number of nitrogens with zero attached hydrogens (tertiary/aromatic N) is 1. The molecule has 0 atom stereocenters. The van der Waals surface area contributed by atoms with Crippen LogP contribution >= 0.6 is 0 Å². The lowest BCUT2D eigenvalue weighted by Gasteiger charge is -2.16. The second-order valence-electron chi connectivity index (χ2n) is 7.00. The van der Waals surface area contributed by atoms with Crippen LogP contribution in [0.3, 0.4) is 0 Å². The molecular formula is C23H12F6N2O2. The van der Waals surface area contributed by atoms with Crippen LogP contribution in [0, 0.1) is 17.5 Å². The number of benzene rings is 3. The van der Waals surface area contributed by atoms with Crippen LogP contribution in [0.5, 0.6) is 0 Å². The van der Waals surface area contributed by atoms with Gasteiger partial charge in [-0.25, -0.2) is 18.1 Å². The number of carbonyl (C=O) groups is 2. The average Bonchev–Trinajstić information content (AvgIpc) is 3.00. The van der Waals surface area contributed by atoms with E-state index in [1.54, 1.807) is 0 Å². The van der Waals surface area contributed by atoms with E-state index in [4.69, 9.17) is 0 Å². The summed E-state index contributed by atoms with van der Waals surface area (Å²) in [5, 5.41) is 2.53. The molecule has 0 fully saturated rings. The highest BCUT2D eigenvalue weighted by atomic mass is 19.4. The van der Waals surface area contributed by atoms with Gasteiger partial charge in [-0.2, -0.15) is 13.2 Å². The topological polar surface area (TPSA) is 49.4 Å². The fourth-order valence-corrected chi connectivity index (χ4v) is 3.31. The number of imide groups is 1. The number of hydrogen-bond acceptors (Lipinski definition) is 3. The summed E-state index contributed by atoms with van der Waals surface area (Å²) in [6, 6.07) is 10.8. The lowest BCUT2D eigenvalue weighted by atomic mass is 10.0. The van der Waals surface area contributed by atoms with Crippen LogP contribution in [0.1, 0.15) is 11.1 Å². The predicted molar refractivity (Wildman–Crippen MR) is 107 cm³/mol. The first-order valence-corrected chi connectivity index (χ1v) is 9.34. The molecule has 1 aliphatic rings. The summed E-state index contributed by atoms with van der Waals surface area (Å²) in [5.74, 6) is -5.10. The van der Waals surface area contributed by atoms with Crippen LogP contribution < -0.4 is 10.2 Å². The number of amides is 2. The van der Waals surface area contributed by atoms with Crippen molar-refractivity contribution >= 4 is 28.8 Å². The van der Waals surface area contributed by atoms with Crippen molar-refractivity contribution in [3.05, 3.63) is 101 Å². The number of rotatable bonds is 4. The van der Waals surface area contributed by atoms with Gasteiger partial charge in [0.25, 0.3) is 11.8 Å². The van der Waals surface area contributed by atoms with Gasteiger partial charge in [0.1, 0.15) is 11.5 Å². The molecule has 4 rings (SSSR count). The Bertz CT molecular complexity index is 1300. The molecule has 0 saturated carbocycles. The second-order valence-corrected chi connectivity index (χ2v) is 7.00. The zero-order valence-corrected chi connectivity index (χ0v) is 16.4. The molecule has 4 nitrogen and oxygen atoms in total. The first kappa shape index (κ1) is 22.1. The van der Waals surface area contributed by atoms with Gasteiger partial charge in [0.05, 0.1) is 16.8 Å². The fourth-order valence-electron chi connectivity index (χ4n) is 3.31. The molecular weight excluding hydrogens is 450 g/mol. The Morgan fingerprint density at radius 1 is 0.758 bits per heavy atom. The average molecular weight is 462 g/mol. The SMILES string of the molecule is O=C1C(Nc2cccc(C(F)(F)F)c2)=C(c2ccc(F)cc2)C(=O)N1c1ccc(F)c(F)c1. The Balaban J connectivity index is 1.82. The number of alkyl halides is 3. The molecule has 2 amide bonds. The molecule has 1 heterocycles. The van der Waals surface area contributed by atoms with Crippen molar-refractivity contribution in [3.63, 3.8) is 0 Å². The van der Waals surface area contributed by atoms with Gasteiger partial charge in [-0.3, -0.25) is 9.59 Å². The molecule has 1 N–H and O–H groups in total. The largest absolute Gasteiger partial charge is 0.416 e. The summed E-state index contributed by atoms with van der Waals surface area (Å²) in [6.07, 6.45) is -4.65. The Kier molecular flexibility index (Phi) is 5.44. The van der Waals surface area contributed by atoms with Crippen molar-refractivity contribution in [3.8, 4) is 0 Å². The van der Waals surface area contributed by atoms with Gasteiger partial charge in [0, 0.05) is 11.8 Å². The van der Waals surface area contributed by atoms with E-state index in [2.05, 4.69) is 5.32 Å².